The number of ether oxygens (including phenoxy) is 8. The number of rotatable bonds is 15. The predicted molar refractivity (Wildman–Crippen MR) is 222 cm³/mol. The summed E-state index contributed by atoms with van der Waals surface area (Å²) in [5.74, 6) is 5.42. The second kappa shape index (κ2) is 16.9. The number of allylic oxidation sites excluding steroid dienone is 3. The van der Waals surface area contributed by atoms with Gasteiger partial charge in [0.2, 0.25) is 0 Å². The summed E-state index contributed by atoms with van der Waals surface area (Å²) in [5, 5.41) is 0. The van der Waals surface area contributed by atoms with Crippen molar-refractivity contribution in [1.29, 1.82) is 0 Å². The predicted octanol–water partition coefficient (Wildman–Crippen LogP) is 10.6. The molecule has 1 unspecified atom stereocenters. The highest BCUT2D eigenvalue weighted by Gasteiger charge is 2.32. The molecule has 0 radical (unpaired) electrons. The number of hydrogen-bond acceptors (Lipinski definition) is 10. The van der Waals surface area contributed by atoms with E-state index in [1.807, 2.05) is 72.8 Å². The highest BCUT2D eigenvalue weighted by Crippen LogP contribution is 2.48. The molecule has 0 heterocycles. The molecule has 6 rings (SSSR count). The van der Waals surface area contributed by atoms with Crippen molar-refractivity contribution < 1.29 is 37.9 Å². The Kier molecular flexibility index (Phi) is 11.9. The van der Waals surface area contributed by atoms with Gasteiger partial charge < -0.3 is 47.7 Å². The van der Waals surface area contributed by atoms with Gasteiger partial charge in [-0.05, 0) is 29.2 Å². The van der Waals surface area contributed by atoms with Crippen LogP contribution in [0.1, 0.15) is 25.3 Å². The summed E-state index contributed by atoms with van der Waals surface area (Å²) in [5.41, 5.74) is 6.15. The zero-order chi connectivity index (χ0) is 40.0. The Labute approximate surface area is 330 Å². The third-order valence-corrected chi connectivity index (χ3v) is 9.93. The average Bonchev–Trinajstić information content (AvgIpc) is 3.23. The maximum Gasteiger partial charge on any atom is 0.124 e. The standard InChI is InChI=1S/C46H50N2O8/c1-46(2)29-32(48(35-21-41(53-7)27-42(22-35)54-8)36-23-43(55-9)28-44(24-36)56-10)15-16-45(46)30-11-13-31(14-12-30)47(33-17-37(49-3)25-38(18-33)50-4)34-19-39(51-5)26-40(20-34)52-6/h11-29,45H,1-10H3. The van der Waals surface area contributed by atoms with Gasteiger partial charge >= 0.3 is 0 Å². The van der Waals surface area contributed by atoms with Gasteiger partial charge in [-0.3, -0.25) is 0 Å². The molecule has 56 heavy (non-hydrogen) atoms. The lowest BCUT2D eigenvalue weighted by Crippen LogP contribution is -2.26. The van der Waals surface area contributed by atoms with E-state index in [1.54, 1.807) is 56.9 Å². The first-order chi connectivity index (χ1) is 27.1. The van der Waals surface area contributed by atoms with E-state index < -0.39 is 0 Å². The normalized spacial score (nSPS) is 14.2. The summed E-state index contributed by atoms with van der Waals surface area (Å²) in [4.78, 5) is 4.29. The van der Waals surface area contributed by atoms with Gasteiger partial charge in [-0.1, -0.05) is 38.1 Å². The second-order valence-corrected chi connectivity index (χ2v) is 13.8. The lowest BCUT2D eigenvalue weighted by molar-refractivity contribution is 0.393. The number of benzene rings is 5. The third kappa shape index (κ3) is 8.29. The molecule has 1 aliphatic rings. The fourth-order valence-corrected chi connectivity index (χ4v) is 7.05. The Bertz CT molecular complexity index is 2010. The first-order valence-electron chi connectivity index (χ1n) is 18.1. The molecule has 0 bridgehead atoms. The van der Waals surface area contributed by atoms with Gasteiger partial charge in [-0.2, -0.15) is 0 Å². The molecule has 0 saturated carbocycles. The van der Waals surface area contributed by atoms with Crippen LogP contribution >= 0.6 is 0 Å². The second-order valence-electron chi connectivity index (χ2n) is 13.8. The molecule has 1 aliphatic carbocycles. The first kappa shape index (κ1) is 39.3. The number of anilines is 5. The lowest BCUT2D eigenvalue weighted by atomic mass is 9.72. The molecular formula is C46H50N2O8. The topological polar surface area (TPSA) is 80.3 Å². The summed E-state index contributed by atoms with van der Waals surface area (Å²) >= 11 is 0. The number of nitrogens with zero attached hydrogens (tertiary/aromatic N) is 2. The quantitative estimate of drug-likeness (QED) is 0.103. The van der Waals surface area contributed by atoms with Crippen LogP contribution in [0.25, 0.3) is 0 Å². The Morgan fingerprint density at radius 3 is 0.982 bits per heavy atom. The Morgan fingerprint density at radius 1 is 0.393 bits per heavy atom. The minimum atomic E-state index is -0.310. The van der Waals surface area contributed by atoms with E-state index in [0.717, 1.165) is 39.7 Å². The van der Waals surface area contributed by atoms with E-state index in [2.05, 4.69) is 66.1 Å². The summed E-state index contributed by atoms with van der Waals surface area (Å²) in [6.07, 6.45) is 6.74. The van der Waals surface area contributed by atoms with Crippen LogP contribution in [0.15, 0.2) is 121 Å². The zero-order valence-corrected chi connectivity index (χ0v) is 33.7. The van der Waals surface area contributed by atoms with Crippen LogP contribution < -0.4 is 47.7 Å². The smallest absolute Gasteiger partial charge is 0.124 e. The molecule has 0 aliphatic heterocycles. The fourth-order valence-electron chi connectivity index (χ4n) is 7.05. The molecular weight excluding hydrogens is 709 g/mol. The van der Waals surface area contributed by atoms with Crippen molar-refractivity contribution in [3.63, 3.8) is 0 Å². The van der Waals surface area contributed by atoms with Gasteiger partial charge in [0.15, 0.2) is 0 Å². The SMILES string of the molecule is COc1cc(OC)cc(N(C2=CC(C)(C)C(c3ccc(N(c4cc(OC)cc(OC)c4)c4cc(OC)cc(OC)c4)cc3)C=C2)c2cc(OC)cc(OC)c2)c1. The maximum atomic E-state index is 5.68. The molecule has 0 spiro atoms. The maximum absolute atomic E-state index is 5.68. The minimum absolute atomic E-state index is 0.0594. The average molecular weight is 759 g/mol. The molecule has 5 aromatic rings. The fraction of sp³-hybridized carbons (Fsp3) is 0.261. The van der Waals surface area contributed by atoms with Crippen LogP contribution in [-0.4, -0.2) is 56.9 Å². The number of hydrogen-bond donors (Lipinski definition) is 0. The van der Waals surface area contributed by atoms with Crippen molar-refractivity contribution >= 4 is 28.4 Å². The third-order valence-electron chi connectivity index (χ3n) is 9.93. The first-order valence-corrected chi connectivity index (χ1v) is 18.1. The van der Waals surface area contributed by atoms with Gasteiger partial charge in [-0.15, -0.1) is 0 Å². The van der Waals surface area contributed by atoms with Crippen molar-refractivity contribution in [2.75, 3.05) is 66.7 Å². The molecule has 5 aromatic carbocycles. The summed E-state index contributed by atoms with van der Waals surface area (Å²) in [6.45, 7) is 4.51. The van der Waals surface area contributed by atoms with Crippen molar-refractivity contribution in [3.05, 3.63) is 127 Å². The molecule has 10 nitrogen and oxygen atoms in total. The Hall–Kier alpha value is -6.42. The Balaban J connectivity index is 1.41. The molecule has 1 atom stereocenters. The van der Waals surface area contributed by atoms with E-state index in [1.165, 1.54) is 0 Å². The van der Waals surface area contributed by atoms with E-state index >= 15 is 0 Å². The largest absolute Gasteiger partial charge is 0.497 e. The van der Waals surface area contributed by atoms with Crippen molar-refractivity contribution in [1.82, 2.24) is 0 Å². The molecule has 292 valence electrons. The van der Waals surface area contributed by atoms with Crippen LogP contribution in [0.4, 0.5) is 28.4 Å². The van der Waals surface area contributed by atoms with Gasteiger partial charge in [0.25, 0.3) is 0 Å². The van der Waals surface area contributed by atoms with Gasteiger partial charge in [-0.25, -0.2) is 0 Å². The summed E-state index contributed by atoms with van der Waals surface area (Å²) in [7, 11) is 13.2. The molecule has 0 N–H and O–H groups in total. The highest BCUT2D eigenvalue weighted by molar-refractivity contribution is 5.80. The van der Waals surface area contributed by atoms with Crippen LogP contribution in [0.3, 0.4) is 0 Å². The molecule has 0 aromatic heterocycles. The van der Waals surface area contributed by atoms with Gasteiger partial charge in [0.05, 0.1) is 79.6 Å². The monoisotopic (exact) mass is 758 g/mol. The van der Waals surface area contributed by atoms with E-state index in [4.69, 9.17) is 37.9 Å². The summed E-state index contributed by atoms with van der Waals surface area (Å²) in [6, 6.07) is 31.9. The minimum Gasteiger partial charge on any atom is -0.497 e. The summed E-state index contributed by atoms with van der Waals surface area (Å²) < 4.78 is 45.4. The van der Waals surface area contributed by atoms with Crippen molar-refractivity contribution in [2.45, 2.75) is 19.8 Å². The van der Waals surface area contributed by atoms with Crippen LogP contribution in [0.5, 0.6) is 46.0 Å². The molecule has 10 heteroatoms. The van der Waals surface area contributed by atoms with Crippen LogP contribution in [0.2, 0.25) is 0 Å². The zero-order valence-electron chi connectivity index (χ0n) is 33.7. The van der Waals surface area contributed by atoms with Crippen molar-refractivity contribution in [2.24, 2.45) is 5.41 Å². The van der Waals surface area contributed by atoms with Gasteiger partial charge in [0, 0.05) is 90.1 Å². The molecule has 0 saturated heterocycles. The number of methoxy groups -OCH3 is 8. The van der Waals surface area contributed by atoms with Crippen LogP contribution in [0, 0.1) is 5.41 Å². The lowest BCUT2D eigenvalue weighted by Gasteiger charge is -2.37. The van der Waals surface area contributed by atoms with Crippen molar-refractivity contribution in [3.8, 4) is 46.0 Å². The van der Waals surface area contributed by atoms with Crippen LogP contribution in [-0.2, 0) is 0 Å². The van der Waals surface area contributed by atoms with E-state index in [-0.39, 0.29) is 11.3 Å². The van der Waals surface area contributed by atoms with E-state index in [9.17, 15) is 0 Å². The highest BCUT2D eigenvalue weighted by atomic mass is 16.5. The van der Waals surface area contributed by atoms with Gasteiger partial charge in [0.1, 0.15) is 46.0 Å². The van der Waals surface area contributed by atoms with E-state index in [0.29, 0.717) is 46.0 Å². The molecule has 0 amide bonds. The Morgan fingerprint density at radius 2 is 0.696 bits per heavy atom. The molecule has 0 fully saturated rings.